The van der Waals surface area contributed by atoms with Crippen molar-refractivity contribution in [1.82, 2.24) is 14.8 Å². The molecule has 5 nitrogen and oxygen atoms in total. The lowest BCUT2D eigenvalue weighted by molar-refractivity contribution is -0.173. The van der Waals surface area contributed by atoms with Crippen molar-refractivity contribution in [2.45, 2.75) is 50.3 Å². The molecule has 170 valence electrons. The zero-order chi connectivity index (χ0) is 22.4. The normalized spacial score (nSPS) is 22.1. The summed E-state index contributed by atoms with van der Waals surface area (Å²) in [6.45, 7) is 5.36. The zero-order valence-electron chi connectivity index (χ0n) is 19.2. The summed E-state index contributed by atoms with van der Waals surface area (Å²) in [4.78, 5) is 21.4. The predicted molar refractivity (Wildman–Crippen MR) is 130 cm³/mol. The molecule has 1 atom stereocenters. The molecule has 1 spiro atoms. The minimum Gasteiger partial charge on any atom is -0.363 e. The number of piperidine rings is 1. The summed E-state index contributed by atoms with van der Waals surface area (Å²) in [7, 11) is 0. The van der Waals surface area contributed by atoms with Gasteiger partial charge < -0.3 is 9.64 Å². The molecule has 1 unspecified atom stereocenters. The van der Waals surface area contributed by atoms with Crippen LogP contribution < -0.4 is 0 Å². The number of fused-ring (bicyclic) bond motifs is 1. The molecular weight excluding hydrogens is 410 g/mol. The summed E-state index contributed by atoms with van der Waals surface area (Å²) >= 11 is 0. The molecule has 2 aromatic carbocycles. The monoisotopic (exact) mass is 441 g/mol. The van der Waals surface area contributed by atoms with Crippen molar-refractivity contribution in [2.75, 3.05) is 26.2 Å². The van der Waals surface area contributed by atoms with Crippen LogP contribution in [0.5, 0.6) is 0 Å². The number of rotatable bonds is 4. The number of carbonyl (C=O) groups is 1. The zero-order valence-corrected chi connectivity index (χ0v) is 19.2. The van der Waals surface area contributed by atoms with Crippen LogP contribution in [-0.4, -0.2) is 58.6 Å². The van der Waals surface area contributed by atoms with Crippen LogP contribution in [0, 0.1) is 0 Å². The Morgan fingerprint density at radius 2 is 1.79 bits per heavy atom. The van der Waals surface area contributed by atoms with E-state index in [2.05, 4.69) is 70.2 Å². The van der Waals surface area contributed by atoms with Gasteiger partial charge in [0, 0.05) is 36.8 Å². The number of nitrogens with zero attached hydrogens (tertiary/aromatic N) is 3. The first-order valence-corrected chi connectivity index (χ1v) is 12.2. The highest BCUT2D eigenvalue weighted by Gasteiger charge is 2.46. The molecule has 3 aliphatic rings. The number of ether oxygens (including phenoxy) is 1. The number of likely N-dealkylation sites (tertiary alicyclic amines) is 1. The molecular formula is C28H31N3O2. The highest BCUT2D eigenvalue weighted by atomic mass is 16.5. The third-order valence-electron chi connectivity index (χ3n) is 7.86. The second-order valence-electron chi connectivity index (χ2n) is 9.97. The first kappa shape index (κ1) is 20.8. The van der Waals surface area contributed by atoms with Gasteiger partial charge in [-0.15, -0.1) is 0 Å². The van der Waals surface area contributed by atoms with Crippen molar-refractivity contribution in [3.05, 3.63) is 66.4 Å². The lowest BCUT2D eigenvalue weighted by atomic mass is 9.88. The fourth-order valence-electron chi connectivity index (χ4n) is 5.49. The highest BCUT2D eigenvalue weighted by molar-refractivity contribution is 5.84. The summed E-state index contributed by atoms with van der Waals surface area (Å²) < 4.78 is 6.13. The van der Waals surface area contributed by atoms with E-state index in [9.17, 15) is 4.79 Å². The number of hydrogen-bond donors (Lipinski definition) is 0. The van der Waals surface area contributed by atoms with E-state index in [1.165, 1.54) is 22.1 Å². The number of carbonyl (C=O) groups excluding carboxylic acids is 1. The average molecular weight is 442 g/mol. The molecule has 1 aliphatic carbocycles. The van der Waals surface area contributed by atoms with Gasteiger partial charge in [0.1, 0.15) is 6.61 Å². The van der Waals surface area contributed by atoms with Crippen molar-refractivity contribution < 1.29 is 9.53 Å². The Labute approximate surface area is 195 Å². The van der Waals surface area contributed by atoms with Gasteiger partial charge in [-0.2, -0.15) is 0 Å². The quantitative estimate of drug-likeness (QED) is 0.582. The number of amides is 1. The minimum atomic E-state index is -0.138. The summed E-state index contributed by atoms with van der Waals surface area (Å²) in [5.41, 5.74) is 4.65. The van der Waals surface area contributed by atoms with Gasteiger partial charge in [-0.3, -0.25) is 14.7 Å². The van der Waals surface area contributed by atoms with Crippen LogP contribution in [0.25, 0.3) is 22.0 Å². The second-order valence-corrected chi connectivity index (χ2v) is 9.97. The third kappa shape index (κ3) is 4.04. The fraction of sp³-hybridized carbons (Fsp3) is 0.429. The fourth-order valence-corrected chi connectivity index (χ4v) is 5.49. The first-order chi connectivity index (χ1) is 16.1. The number of pyridine rings is 1. The van der Waals surface area contributed by atoms with E-state index in [1.54, 1.807) is 0 Å². The van der Waals surface area contributed by atoms with E-state index in [1.807, 2.05) is 12.3 Å². The van der Waals surface area contributed by atoms with Crippen molar-refractivity contribution in [1.29, 1.82) is 0 Å². The molecule has 6 rings (SSSR count). The Kier molecular flexibility index (Phi) is 5.19. The van der Waals surface area contributed by atoms with Crippen LogP contribution in [0.2, 0.25) is 0 Å². The third-order valence-corrected chi connectivity index (χ3v) is 7.86. The Balaban J connectivity index is 1.12. The lowest BCUT2D eigenvalue weighted by Crippen LogP contribution is -2.59. The van der Waals surface area contributed by atoms with Crippen molar-refractivity contribution >= 4 is 16.8 Å². The van der Waals surface area contributed by atoms with Gasteiger partial charge in [0.25, 0.3) is 0 Å². The standard InChI is InChI=1S/C28H31N3O2/c1-20(30-15-12-28(13-16-30)19-31(25-10-11-25)27(32)18-33-28)21-4-6-22(7-5-21)24-9-8-23-3-2-14-29-26(23)17-24/h2-9,14,17,20,25H,10-13,15-16,18-19H2,1H3. The Hall–Kier alpha value is -2.76. The number of hydrogen-bond acceptors (Lipinski definition) is 4. The average Bonchev–Trinajstić information content (AvgIpc) is 3.71. The van der Waals surface area contributed by atoms with Gasteiger partial charge in [0.05, 0.1) is 17.7 Å². The van der Waals surface area contributed by atoms with Crippen LogP contribution in [0.1, 0.15) is 44.2 Å². The van der Waals surface area contributed by atoms with Crippen LogP contribution >= 0.6 is 0 Å². The van der Waals surface area contributed by atoms with E-state index in [4.69, 9.17) is 4.74 Å². The minimum absolute atomic E-state index is 0.138. The molecule has 2 aliphatic heterocycles. The van der Waals surface area contributed by atoms with Gasteiger partial charge in [0.15, 0.2) is 0 Å². The molecule has 1 aromatic heterocycles. The van der Waals surface area contributed by atoms with Crippen molar-refractivity contribution in [3.63, 3.8) is 0 Å². The molecule has 0 radical (unpaired) electrons. The maximum absolute atomic E-state index is 12.2. The smallest absolute Gasteiger partial charge is 0.248 e. The van der Waals surface area contributed by atoms with Crippen molar-refractivity contribution in [2.24, 2.45) is 0 Å². The van der Waals surface area contributed by atoms with Gasteiger partial charge in [-0.05, 0) is 61.4 Å². The van der Waals surface area contributed by atoms with Crippen LogP contribution in [0.4, 0.5) is 0 Å². The molecule has 0 N–H and O–H groups in total. The number of morpholine rings is 1. The van der Waals surface area contributed by atoms with E-state index in [-0.39, 0.29) is 18.1 Å². The Bertz CT molecular complexity index is 1160. The van der Waals surface area contributed by atoms with Crippen molar-refractivity contribution in [3.8, 4) is 11.1 Å². The molecule has 33 heavy (non-hydrogen) atoms. The number of aromatic nitrogens is 1. The molecule has 2 saturated heterocycles. The summed E-state index contributed by atoms with van der Waals surface area (Å²) in [5.74, 6) is 0.182. The topological polar surface area (TPSA) is 45.7 Å². The van der Waals surface area contributed by atoms with Gasteiger partial charge in [0.2, 0.25) is 5.91 Å². The Morgan fingerprint density at radius 1 is 1.03 bits per heavy atom. The van der Waals surface area contributed by atoms with E-state index < -0.39 is 0 Å². The largest absolute Gasteiger partial charge is 0.363 e. The SMILES string of the molecule is CC(c1ccc(-c2ccc3cccnc3c2)cc1)N1CCC2(CC1)CN(C1CC1)C(=O)CO2. The van der Waals surface area contributed by atoms with Gasteiger partial charge in [-0.1, -0.05) is 42.5 Å². The second kappa shape index (κ2) is 8.23. The van der Waals surface area contributed by atoms with Crippen LogP contribution in [0.3, 0.4) is 0 Å². The van der Waals surface area contributed by atoms with E-state index >= 15 is 0 Å². The van der Waals surface area contributed by atoms with Crippen LogP contribution in [-0.2, 0) is 9.53 Å². The predicted octanol–water partition coefficient (Wildman–Crippen LogP) is 4.82. The summed E-state index contributed by atoms with van der Waals surface area (Å²) in [5, 5.41) is 1.17. The molecule has 5 heteroatoms. The highest BCUT2D eigenvalue weighted by Crippen LogP contribution is 2.38. The van der Waals surface area contributed by atoms with E-state index in [0.717, 1.165) is 50.8 Å². The molecule has 3 fully saturated rings. The van der Waals surface area contributed by atoms with Gasteiger partial charge in [-0.25, -0.2) is 0 Å². The molecule has 1 saturated carbocycles. The Morgan fingerprint density at radius 3 is 2.55 bits per heavy atom. The molecule has 1 amide bonds. The maximum atomic E-state index is 12.2. The van der Waals surface area contributed by atoms with E-state index in [0.29, 0.717) is 12.1 Å². The molecule has 3 heterocycles. The maximum Gasteiger partial charge on any atom is 0.248 e. The summed E-state index contributed by atoms with van der Waals surface area (Å²) in [6, 6.07) is 20.4. The lowest BCUT2D eigenvalue weighted by Gasteiger charge is -2.48. The van der Waals surface area contributed by atoms with Gasteiger partial charge >= 0.3 is 0 Å². The molecule has 0 bridgehead atoms. The molecule has 3 aromatic rings. The summed E-state index contributed by atoms with van der Waals surface area (Å²) in [6.07, 6.45) is 6.17. The number of benzene rings is 2. The van der Waals surface area contributed by atoms with Crippen LogP contribution in [0.15, 0.2) is 60.8 Å². The first-order valence-electron chi connectivity index (χ1n) is 12.2.